The fraction of sp³-hybridized carbons (Fsp3) is 0.600. The Bertz CT molecular complexity index is 354. The lowest BCUT2D eigenvalue weighted by atomic mass is 10.0. The van der Waals surface area contributed by atoms with Crippen molar-refractivity contribution < 1.29 is 0 Å². The third kappa shape index (κ3) is 3.22. The van der Waals surface area contributed by atoms with Crippen molar-refractivity contribution >= 4 is 5.69 Å². The molecule has 0 aromatic heterocycles. The lowest BCUT2D eigenvalue weighted by molar-refractivity contribution is 0.173. The van der Waals surface area contributed by atoms with Crippen molar-refractivity contribution in [3.8, 4) is 0 Å². The number of aryl methyl sites for hydroxylation is 1. The van der Waals surface area contributed by atoms with E-state index in [0.29, 0.717) is 5.54 Å². The molecule has 2 N–H and O–H groups in total. The number of anilines is 1. The third-order valence-electron chi connectivity index (χ3n) is 3.95. The molecule has 17 heavy (non-hydrogen) atoms. The van der Waals surface area contributed by atoms with E-state index in [4.69, 9.17) is 5.73 Å². The average Bonchev–Trinajstić information content (AvgIpc) is 2.61. The molecule has 0 amide bonds. The molecule has 0 atom stereocenters. The molecule has 2 rings (SSSR count). The molecule has 1 aliphatic heterocycles. The van der Waals surface area contributed by atoms with Gasteiger partial charge in [0.2, 0.25) is 0 Å². The van der Waals surface area contributed by atoms with Crippen LogP contribution < -0.4 is 5.73 Å². The predicted molar refractivity (Wildman–Crippen MR) is 74.1 cm³/mol. The summed E-state index contributed by atoms with van der Waals surface area (Å²) in [5.41, 5.74) is 8.36. The molecule has 0 radical (unpaired) electrons. The van der Waals surface area contributed by atoms with Crippen LogP contribution in [0.15, 0.2) is 24.3 Å². The molecule has 0 unspecified atom stereocenters. The van der Waals surface area contributed by atoms with E-state index >= 15 is 0 Å². The minimum absolute atomic E-state index is 0.418. The quantitative estimate of drug-likeness (QED) is 0.808. The summed E-state index contributed by atoms with van der Waals surface area (Å²) in [5.74, 6) is 0. The normalized spacial score (nSPS) is 19.6. The minimum Gasteiger partial charge on any atom is -0.399 e. The second-order valence-corrected chi connectivity index (χ2v) is 5.75. The smallest absolute Gasteiger partial charge is 0.0314 e. The summed E-state index contributed by atoms with van der Waals surface area (Å²) < 4.78 is 0. The van der Waals surface area contributed by atoms with E-state index < -0.39 is 0 Å². The van der Waals surface area contributed by atoms with Crippen LogP contribution in [0.1, 0.15) is 38.7 Å². The number of hydrogen-bond donors (Lipinski definition) is 1. The zero-order valence-electron chi connectivity index (χ0n) is 11.1. The highest BCUT2D eigenvalue weighted by molar-refractivity contribution is 5.39. The first-order valence-corrected chi connectivity index (χ1v) is 6.67. The summed E-state index contributed by atoms with van der Waals surface area (Å²) >= 11 is 0. The molecule has 0 aliphatic carbocycles. The second kappa shape index (κ2) is 5.09. The second-order valence-electron chi connectivity index (χ2n) is 5.75. The fourth-order valence-corrected chi connectivity index (χ4v) is 2.74. The monoisotopic (exact) mass is 232 g/mol. The summed E-state index contributed by atoms with van der Waals surface area (Å²) in [6.07, 6.45) is 5.10. The van der Waals surface area contributed by atoms with E-state index in [2.05, 4.69) is 30.9 Å². The Hall–Kier alpha value is -1.02. The molecule has 1 heterocycles. The Balaban J connectivity index is 1.78. The minimum atomic E-state index is 0.418. The van der Waals surface area contributed by atoms with Crippen LogP contribution in [0.5, 0.6) is 0 Å². The first kappa shape index (κ1) is 12.4. The number of nitrogens with zero attached hydrogens (tertiary/aromatic N) is 1. The highest BCUT2D eigenvalue weighted by Gasteiger charge is 2.30. The van der Waals surface area contributed by atoms with Crippen molar-refractivity contribution in [3.05, 3.63) is 29.8 Å². The van der Waals surface area contributed by atoms with Gasteiger partial charge in [-0.05, 0) is 70.3 Å². The zero-order valence-corrected chi connectivity index (χ0v) is 11.1. The molecule has 94 valence electrons. The maximum Gasteiger partial charge on any atom is 0.0314 e. The molecule has 1 aromatic rings. The van der Waals surface area contributed by atoms with Crippen molar-refractivity contribution in [3.63, 3.8) is 0 Å². The molecule has 0 saturated carbocycles. The van der Waals surface area contributed by atoms with Gasteiger partial charge in [0, 0.05) is 11.2 Å². The van der Waals surface area contributed by atoms with E-state index in [1.54, 1.807) is 0 Å². The van der Waals surface area contributed by atoms with Crippen LogP contribution in [0.25, 0.3) is 0 Å². The molecule has 0 bridgehead atoms. The third-order valence-corrected chi connectivity index (χ3v) is 3.95. The van der Waals surface area contributed by atoms with Crippen LogP contribution in [0.3, 0.4) is 0 Å². The Morgan fingerprint density at radius 1 is 1.24 bits per heavy atom. The maximum absolute atomic E-state index is 5.68. The molecule has 2 nitrogen and oxygen atoms in total. The lowest BCUT2D eigenvalue weighted by Crippen LogP contribution is -2.38. The first-order chi connectivity index (χ1) is 8.08. The predicted octanol–water partition coefficient (Wildman–Crippen LogP) is 3.08. The summed E-state index contributed by atoms with van der Waals surface area (Å²) in [5, 5.41) is 0. The summed E-state index contributed by atoms with van der Waals surface area (Å²) in [4.78, 5) is 2.63. The largest absolute Gasteiger partial charge is 0.399 e. The molecule has 1 aromatic carbocycles. The van der Waals surface area contributed by atoms with Crippen molar-refractivity contribution in [1.29, 1.82) is 0 Å². The Morgan fingerprint density at radius 3 is 2.53 bits per heavy atom. The Morgan fingerprint density at radius 2 is 1.94 bits per heavy atom. The van der Waals surface area contributed by atoms with Crippen LogP contribution in [0, 0.1) is 0 Å². The highest BCUT2D eigenvalue weighted by atomic mass is 15.2. The summed E-state index contributed by atoms with van der Waals surface area (Å²) in [7, 11) is 0. The topological polar surface area (TPSA) is 29.3 Å². The number of nitrogens with two attached hydrogens (primary N) is 1. The lowest BCUT2D eigenvalue weighted by Gasteiger charge is -2.31. The van der Waals surface area contributed by atoms with Gasteiger partial charge in [0.1, 0.15) is 0 Å². The number of rotatable bonds is 4. The van der Waals surface area contributed by atoms with Gasteiger partial charge < -0.3 is 5.73 Å². The van der Waals surface area contributed by atoms with Crippen molar-refractivity contribution in [2.45, 2.75) is 45.1 Å². The average molecular weight is 232 g/mol. The van der Waals surface area contributed by atoms with Crippen molar-refractivity contribution in [2.75, 3.05) is 18.8 Å². The van der Waals surface area contributed by atoms with Crippen LogP contribution in [-0.2, 0) is 6.42 Å². The van der Waals surface area contributed by atoms with Gasteiger partial charge in [-0.2, -0.15) is 0 Å². The zero-order chi connectivity index (χ0) is 12.3. The molecular weight excluding hydrogens is 208 g/mol. The molecular formula is C15H24N2. The molecule has 0 spiro atoms. The maximum atomic E-state index is 5.68. The Labute approximate surface area is 105 Å². The number of benzene rings is 1. The number of likely N-dealkylation sites (tertiary alicyclic amines) is 1. The van der Waals surface area contributed by atoms with Gasteiger partial charge in [-0.1, -0.05) is 12.1 Å². The highest BCUT2D eigenvalue weighted by Crippen LogP contribution is 2.28. The van der Waals surface area contributed by atoms with Crippen LogP contribution in [0.4, 0.5) is 5.69 Å². The molecule has 1 saturated heterocycles. The summed E-state index contributed by atoms with van der Waals surface area (Å²) in [6, 6.07) is 8.28. The van der Waals surface area contributed by atoms with E-state index in [-0.39, 0.29) is 0 Å². The van der Waals surface area contributed by atoms with E-state index in [9.17, 15) is 0 Å². The van der Waals surface area contributed by atoms with Crippen molar-refractivity contribution in [2.24, 2.45) is 0 Å². The van der Waals surface area contributed by atoms with Gasteiger partial charge in [0.25, 0.3) is 0 Å². The van der Waals surface area contributed by atoms with Gasteiger partial charge in [0.15, 0.2) is 0 Å². The van der Waals surface area contributed by atoms with Gasteiger partial charge in [0.05, 0.1) is 0 Å². The van der Waals surface area contributed by atoms with Crippen molar-refractivity contribution in [1.82, 2.24) is 4.90 Å². The van der Waals surface area contributed by atoms with Gasteiger partial charge in [-0.25, -0.2) is 0 Å². The Kier molecular flexibility index (Phi) is 3.72. The number of hydrogen-bond acceptors (Lipinski definition) is 2. The van der Waals surface area contributed by atoms with Gasteiger partial charge in [-0.15, -0.1) is 0 Å². The molecule has 2 heteroatoms. The van der Waals surface area contributed by atoms with Gasteiger partial charge in [-0.3, -0.25) is 4.90 Å². The number of nitrogen functional groups attached to an aromatic ring is 1. The van der Waals surface area contributed by atoms with Gasteiger partial charge >= 0.3 is 0 Å². The van der Waals surface area contributed by atoms with Crippen LogP contribution in [0.2, 0.25) is 0 Å². The SMILES string of the molecule is CC1(C)CCCN1CCCc1ccc(N)cc1. The standard InChI is InChI=1S/C15H24N2/c1-15(2)10-4-12-17(15)11-3-5-13-6-8-14(16)9-7-13/h6-9H,3-5,10-12,16H2,1-2H3. The first-order valence-electron chi connectivity index (χ1n) is 6.67. The summed E-state index contributed by atoms with van der Waals surface area (Å²) in [6.45, 7) is 7.22. The van der Waals surface area contributed by atoms with E-state index in [1.165, 1.54) is 37.9 Å². The fourth-order valence-electron chi connectivity index (χ4n) is 2.74. The van der Waals surface area contributed by atoms with Crippen LogP contribution >= 0.6 is 0 Å². The molecule has 1 fully saturated rings. The molecule has 1 aliphatic rings. The van der Waals surface area contributed by atoms with E-state index in [1.807, 2.05) is 12.1 Å². The van der Waals surface area contributed by atoms with E-state index in [0.717, 1.165) is 12.1 Å². The van der Waals surface area contributed by atoms with Crippen LogP contribution in [-0.4, -0.2) is 23.5 Å².